The summed E-state index contributed by atoms with van der Waals surface area (Å²) in [5, 5.41) is 8.96. The maximum atomic E-state index is 8.96. The van der Waals surface area contributed by atoms with Gasteiger partial charge in [-0.2, -0.15) is 5.26 Å². The summed E-state index contributed by atoms with van der Waals surface area (Å²) in [6.45, 7) is 6.08. The van der Waals surface area contributed by atoms with Crippen molar-refractivity contribution in [3.8, 4) is 17.7 Å². The van der Waals surface area contributed by atoms with Gasteiger partial charge in [-0.25, -0.2) is 4.98 Å². The standard InChI is InChI=1S/C16H16N2O/c1-11(2)14-6-4-5-7-15(14)19-16-9-13(10-17)8-12(3)18-16/h4-9,11H,1-3H3. The van der Waals surface area contributed by atoms with E-state index >= 15 is 0 Å². The Bertz CT molecular complexity index is 627. The van der Waals surface area contributed by atoms with Crippen LogP contribution in [0.15, 0.2) is 36.4 Å². The van der Waals surface area contributed by atoms with Crippen LogP contribution in [0.1, 0.15) is 36.6 Å². The second-order valence-electron chi connectivity index (χ2n) is 4.74. The van der Waals surface area contributed by atoms with Gasteiger partial charge in [-0.15, -0.1) is 0 Å². The molecule has 0 spiro atoms. The molecule has 1 heterocycles. The molecule has 2 aromatic rings. The van der Waals surface area contributed by atoms with Crippen LogP contribution >= 0.6 is 0 Å². The maximum Gasteiger partial charge on any atom is 0.220 e. The molecule has 0 aliphatic rings. The molecule has 0 N–H and O–H groups in total. The summed E-state index contributed by atoms with van der Waals surface area (Å²) >= 11 is 0. The van der Waals surface area contributed by atoms with Gasteiger partial charge in [0, 0.05) is 11.8 Å². The number of aryl methyl sites for hydroxylation is 1. The summed E-state index contributed by atoms with van der Waals surface area (Å²) in [4.78, 5) is 4.30. The molecule has 0 fully saturated rings. The van der Waals surface area contributed by atoms with Gasteiger partial charge in [0.15, 0.2) is 0 Å². The van der Waals surface area contributed by atoms with E-state index in [4.69, 9.17) is 10.00 Å². The van der Waals surface area contributed by atoms with Crippen molar-refractivity contribution >= 4 is 0 Å². The quantitative estimate of drug-likeness (QED) is 0.823. The third-order valence-electron chi connectivity index (χ3n) is 2.81. The van der Waals surface area contributed by atoms with Gasteiger partial charge in [-0.3, -0.25) is 0 Å². The monoisotopic (exact) mass is 252 g/mol. The highest BCUT2D eigenvalue weighted by molar-refractivity contribution is 5.40. The minimum Gasteiger partial charge on any atom is -0.439 e. The zero-order valence-corrected chi connectivity index (χ0v) is 11.3. The van der Waals surface area contributed by atoms with Gasteiger partial charge in [0.1, 0.15) is 5.75 Å². The van der Waals surface area contributed by atoms with Gasteiger partial charge in [0.25, 0.3) is 0 Å². The van der Waals surface area contributed by atoms with Crippen LogP contribution in [-0.2, 0) is 0 Å². The van der Waals surface area contributed by atoms with Crippen LogP contribution in [0.3, 0.4) is 0 Å². The van der Waals surface area contributed by atoms with Crippen molar-refractivity contribution in [2.24, 2.45) is 0 Å². The molecule has 2 rings (SSSR count). The van der Waals surface area contributed by atoms with Crippen molar-refractivity contribution < 1.29 is 4.74 Å². The second kappa shape index (κ2) is 5.53. The lowest BCUT2D eigenvalue weighted by molar-refractivity contribution is 0.453. The van der Waals surface area contributed by atoms with Crippen molar-refractivity contribution in [2.75, 3.05) is 0 Å². The summed E-state index contributed by atoms with van der Waals surface area (Å²) in [5.74, 6) is 1.63. The summed E-state index contributed by atoms with van der Waals surface area (Å²) in [6, 6.07) is 13.4. The van der Waals surface area contributed by atoms with Gasteiger partial charge >= 0.3 is 0 Å². The summed E-state index contributed by atoms with van der Waals surface area (Å²) in [5.41, 5.74) is 2.46. The van der Waals surface area contributed by atoms with E-state index in [0.29, 0.717) is 17.4 Å². The maximum absolute atomic E-state index is 8.96. The molecule has 3 nitrogen and oxygen atoms in total. The van der Waals surface area contributed by atoms with Crippen LogP contribution in [-0.4, -0.2) is 4.98 Å². The SMILES string of the molecule is Cc1cc(C#N)cc(Oc2ccccc2C(C)C)n1. The number of ether oxygens (including phenoxy) is 1. The number of pyridine rings is 1. The molecular formula is C16H16N2O. The lowest BCUT2D eigenvalue weighted by Crippen LogP contribution is -1.96. The average Bonchev–Trinajstić information content (AvgIpc) is 2.38. The fourth-order valence-electron chi connectivity index (χ4n) is 1.92. The molecular weight excluding hydrogens is 236 g/mol. The Kier molecular flexibility index (Phi) is 3.82. The zero-order chi connectivity index (χ0) is 13.8. The molecule has 0 unspecified atom stereocenters. The molecule has 0 atom stereocenters. The molecule has 19 heavy (non-hydrogen) atoms. The van der Waals surface area contributed by atoms with E-state index in [9.17, 15) is 0 Å². The van der Waals surface area contributed by atoms with Crippen LogP contribution in [0.2, 0.25) is 0 Å². The Morgan fingerprint density at radius 1 is 1.21 bits per heavy atom. The van der Waals surface area contributed by atoms with E-state index < -0.39 is 0 Å². The fourth-order valence-corrected chi connectivity index (χ4v) is 1.92. The van der Waals surface area contributed by atoms with Crippen molar-refractivity contribution in [1.29, 1.82) is 5.26 Å². The number of aromatic nitrogens is 1. The van der Waals surface area contributed by atoms with Gasteiger partial charge in [0.2, 0.25) is 5.88 Å². The first-order valence-electron chi connectivity index (χ1n) is 6.25. The number of nitrogens with zero attached hydrogens (tertiary/aromatic N) is 2. The Labute approximate surface area is 113 Å². The van der Waals surface area contributed by atoms with E-state index in [2.05, 4.69) is 24.9 Å². The molecule has 0 aliphatic heterocycles. The molecule has 3 heteroatoms. The van der Waals surface area contributed by atoms with Gasteiger partial charge in [-0.05, 0) is 30.5 Å². The average molecular weight is 252 g/mol. The van der Waals surface area contributed by atoms with Crippen LogP contribution in [0.25, 0.3) is 0 Å². The van der Waals surface area contributed by atoms with Crippen molar-refractivity contribution in [2.45, 2.75) is 26.7 Å². The van der Waals surface area contributed by atoms with Gasteiger partial charge in [0.05, 0.1) is 11.6 Å². The number of hydrogen-bond acceptors (Lipinski definition) is 3. The Hall–Kier alpha value is -2.34. The minimum atomic E-state index is 0.372. The summed E-state index contributed by atoms with van der Waals surface area (Å²) < 4.78 is 5.83. The second-order valence-corrected chi connectivity index (χ2v) is 4.74. The third-order valence-corrected chi connectivity index (χ3v) is 2.81. The van der Waals surface area contributed by atoms with E-state index in [0.717, 1.165) is 17.0 Å². The van der Waals surface area contributed by atoms with Crippen LogP contribution < -0.4 is 4.74 Å². The van der Waals surface area contributed by atoms with E-state index in [1.54, 1.807) is 12.1 Å². The number of para-hydroxylation sites is 1. The first-order valence-corrected chi connectivity index (χ1v) is 6.25. The highest BCUT2D eigenvalue weighted by atomic mass is 16.5. The number of benzene rings is 1. The summed E-state index contributed by atoms with van der Waals surface area (Å²) in [6.07, 6.45) is 0. The normalized spacial score (nSPS) is 10.3. The van der Waals surface area contributed by atoms with Crippen molar-refractivity contribution in [3.05, 3.63) is 53.2 Å². The lowest BCUT2D eigenvalue weighted by atomic mass is 10.0. The molecule has 0 aliphatic carbocycles. The molecule has 0 bridgehead atoms. The van der Waals surface area contributed by atoms with Crippen molar-refractivity contribution in [1.82, 2.24) is 4.98 Å². The predicted molar refractivity (Wildman–Crippen MR) is 74.3 cm³/mol. The van der Waals surface area contributed by atoms with E-state index in [1.807, 2.05) is 31.2 Å². The van der Waals surface area contributed by atoms with Crippen LogP contribution in [0, 0.1) is 18.3 Å². The zero-order valence-electron chi connectivity index (χ0n) is 11.3. The van der Waals surface area contributed by atoms with Crippen LogP contribution in [0.5, 0.6) is 11.6 Å². The minimum absolute atomic E-state index is 0.372. The smallest absolute Gasteiger partial charge is 0.220 e. The lowest BCUT2D eigenvalue weighted by Gasteiger charge is -2.13. The first-order chi connectivity index (χ1) is 9.10. The highest BCUT2D eigenvalue weighted by Gasteiger charge is 2.09. The molecule has 0 saturated heterocycles. The fraction of sp³-hybridized carbons (Fsp3) is 0.250. The van der Waals surface area contributed by atoms with Crippen molar-refractivity contribution in [3.63, 3.8) is 0 Å². The highest BCUT2D eigenvalue weighted by Crippen LogP contribution is 2.29. The van der Waals surface area contributed by atoms with E-state index in [-0.39, 0.29) is 0 Å². The molecule has 0 amide bonds. The van der Waals surface area contributed by atoms with Gasteiger partial charge < -0.3 is 4.74 Å². The Morgan fingerprint density at radius 2 is 1.95 bits per heavy atom. The molecule has 1 aromatic heterocycles. The topological polar surface area (TPSA) is 45.9 Å². The summed E-state index contributed by atoms with van der Waals surface area (Å²) in [7, 11) is 0. The first kappa shape index (κ1) is 13.1. The molecule has 0 saturated carbocycles. The van der Waals surface area contributed by atoms with E-state index in [1.165, 1.54) is 0 Å². The Morgan fingerprint density at radius 3 is 2.63 bits per heavy atom. The van der Waals surface area contributed by atoms with Crippen LogP contribution in [0.4, 0.5) is 0 Å². The largest absolute Gasteiger partial charge is 0.439 e. The number of nitriles is 1. The number of rotatable bonds is 3. The molecule has 0 radical (unpaired) electrons. The number of hydrogen-bond donors (Lipinski definition) is 0. The molecule has 96 valence electrons. The third kappa shape index (κ3) is 3.11. The van der Waals surface area contributed by atoms with Gasteiger partial charge in [-0.1, -0.05) is 32.0 Å². The molecule has 1 aromatic carbocycles. The Balaban J connectivity index is 2.37. The predicted octanol–water partition coefficient (Wildman–Crippen LogP) is 4.18.